The van der Waals surface area contributed by atoms with Crippen molar-refractivity contribution in [2.75, 3.05) is 13.1 Å². The van der Waals surface area contributed by atoms with Crippen molar-refractivity contribution in [1.82, 2.24) is 14.5 Å². The van der Waals surface area contributed by atoms with Gasteiger partial charge in [0.15, 0.2) is 5.75 Å². The highest BCUT2D eigenvalue weighted by Crippen LogP contribution is 2.15. The molecule has 0 aromatic carbocycles. The molecule has 1 N–H and O–H groups in total. The van der Waals surface area contributed by atoms with Crippen molar-refractivity contribution in [2.24, 2.45) is 0 Å². The summed E-state index contributed by atoms with van der Waals surface area (Å²) >= 11 is 0. The third-order valence-electron chi connectivity index (χ3n) is 4.34. The summed E-state index contributed by atoms with van der Waals surface area (Å²) in [4.78, 5) is 18.6. The fourth-order valence-corrected chi connectivity index (χ4v) is 3.08. The molecule has 0 radical (unpaired) electrons. The zero-order valence-electron chi connectivity index (χ0n) is 13.3. The van der Waals surface area contributed by atoms with Crippen LogP contribution in [-0.2, 0) is 13.1 Å². The van der Waals surface area contributed by atoms with Crippen molar-refractivity contribution in [1.29, 1.82) is 0 Å². The molecule has 1 saturated heterocycles. The van der Waals surface area contributed by atoms with Crippen molar-refractivity contribution in [3.05, 3.63) is 58.3 Å². The maximum absolute atomic E-state index is 11.9. The number of aromatic hydroxyl groups is 1. The van der Waals surface area contributed by atoms with Gasteiger partial charge >= 0.3 is 0 Å². The van der Waals surface area contributed by atoms with Gasteiger partial charge in [0, 0.05) is 24.5 Å². The normalized spacial score (nSPS) is 16.2. The largest absolute Gasteiger partial charge is 0.503 e. The number of pyridine rings is 2. The highest BCUT2D eigenvalue weighted by molar-refractivity contribution is 5.21. The van der Waals surface area contributed by atoms with E-state index in [2.05, 4.69) is 9.88 Å². The Balaban J connectivity index is 1.85. The van der Waals surface area contributed by atoms with E-state index < -0.39 is 0 Å². The van der Waals surface area contributed by atoms with Gasteiger partial charge in [0.1, 0.15) is 0 Å². The molecule has 122 valence electrons. The van der Waals surface area contributed by atoms with E-state index in [1.807, 2.05) is 22.8 Å². The van der Waals surface area contributed by atoms with Crippen molar-refractivity contribution >= 4 is 0 Å². The number of hydrogen-bond donors (Lipinski definition) is 1. The van der Waals surface area contributed by atoms with Crippen LogP contribution in [0.4, 0.5) is 0 Å². The summed E-state index contributed by atoms with van der Waals surface area (Å²) in [6.45, 7) is 3.43. The van der Waals surface area contributed by atoms with Crippen LogP contribution in [0.15, 0.2) is 41.5 Å². The molecule has 0 aliphatic carbocycles. The lowest BCUT2D eigenvalue weighted by molar-refractivity contribution is 0.269. The smallest absolute Gasteiger partial charge is 0.223 e. The lowest BCUT2D eigenvalue weighted by Gasteiger charge is -2.22. The first-order valence-corrected chi connectivity index (χ1v) is 8.27. The van der Waals surface area contributed by atoms with Crippen molar-refractivity contribution in [2.45, 2.75) is 38.8 Å². The summed E-state index contributed by atoms with van der Waals surface area (Å²) in [5.74, 6) is -0.208. The summed E-state index contributed by atoms with van der Waals surface area (Å²) in [7, 11) is 0. The molecule has 0 bridgehead atoms. The minimum Gasteiger partial charge on any atom is -0.503 e. The van der Waals surface area contributed by atoms with Gasteiger partial charge in [-0.3, -0.25) is 14.7 Å². The summed E-state index contributed by atoms with van der Waals surface area (Å²) in [6.07, 6.45) is 8.28. The predicted molar refractivity (Wildman–Crippen MR) is 89.5 cm³/mol. The van der Waals surface area contributed by atoms with Gasteiger partial charge in [-0.2, -0.15) is 0 Å². The van der Waals surface area contributed by atoms with E-state index in [0.717, 1.165) is 31.0 Å². The van der Waals surface area contributed by atoms with Crippen LogP contribution in [0.3, 0.4) is 0 Å². The van der Waals surface area contributed by atoms with Gasteiger partial charge in [-0.25, -0.2) is 0 Å². The van der Waals surface area contributed by atoms with E-state index in [-0.39, 0.29) is 11.2 Å². The van der Waals surface area contributed by atoms with Crippen LogP contribution in [0, 0.1) is 0 Å². The topological polar surface area (TPSA) is 58.4 Å². The Bertz CT molecular complexity index is 689. The van der Waals surface area contributed by atoms with E-state index in [1.54, 1.807) is 12.3 Å². The predicted octanol–water partition coefficient (Wildman–Crippen LogP) is 2.37. The molecule has 23 heavy (non-hydrogen) atoms. The molecule has 2 aromatic rings. The Morgan fingerprint density at radius 3 is 2.57 bits per heavy atom. The molecule has 3 rings (SSSR count). The third kappa shape index (κ3) is 4.20. The molecule has 0 unspecified atom stereocenters. The molecule has 1 aliphatic rings. The van der Waals surface area contributed by atoms with Crippen LogP contribution >= 0.6 is 0 Å². The lowest BCUT2D eigenvalue weighted by atomic mass is 10.2. The minimum absolute atomic E-state index is 0.208. The van der Waals surface area contributed by atoms with E-state index in [1.165, 1.54) is 31.9 Å². The Morgan fingerprint density at radius 1 is 1.09 bits per heavy atom. The summed E-state index contributed by atoms with van der Waals surface area (Å²) < 4.78 is 1.93. The molecule has 2 aromatic heterocycles. The van der Waals surface area contributed by atoms with E-state index >= 15 is 0 Å². The van der Waals surface area contributed by atoms with Gasteiger partial charge in [0.05, 0.1) is 18.4 Å². The first-order chi connectivity index (χ1) is 11.2. The monoisotopic (exact) mass is 313 g/mol. The molecule has 0 amide bonds. The van der Waals surface area contributed by atoms with Crippen LogP contribution in [0.1, 0.15) is 37.1 Å². The number of aromatic nitrogens is 2. The van der Waals surface area contributed by atoms with Crippen LogP contribution < -0.4 is 5.43 Å². The Hall–Kier alpha value is -2.14. The van der Waals surface area contributed by atoms with E-state index in [9.17, 15) is 9.90 Å². The summed E-state index contributed by atoms with van der Waals surface area (Å²) in [5.41, 5.74) is 1.53. The second-order valence-corrected chi connectivity index (χ2v) is 6.15. The maximum atomic E-state index is 11.9. The average Bonchev–Trinajstić information content (AvgIpc) is 2.82. The Labute approximate surface area is 136 Å². The van der Waals surface area contributed by atoms with Crippen molar-refractivity contribution in [3.8, 4) is 5.75 Å². The summed E-state index contributed by atoms with van der Waals surface area (Å²) in [5, 5.41) is 9.79. The molecular formula is C18H23N3O2. The molecule has 3 heterocycles. The SMILES string of the molecule is O=c1cc(CN2CCCCCC2)n(Cc2ccccn2)cc1O. The first-order valence-electron chi connectivity index (χ1n) is 8.27. The highest BCUT2D eigenvalue weighted by atomic mass is 16.3. The van der Waals surface area contributed by atoms with Crippen LogP contribution in [0.2, 0.25) is 0 Å². The van der Waals surface area contributed by atoms with Crippen molar-refractivity contribution < 1.29 is 5.11 Å². The molecule has 1 fully saturated rings. The molecule has 0 atom stereocenters. The lowest BCUT2D eigenvalue weighted by Crippen LogP contribution is -2.27. The van der Waals surface area contributed by atoms with Gasteiger partial charge in [0.25, 0.3) is 0 Å². The first kappa shape index (κ1) is 15.7. The third-order valence-corrected chi connectivity index (χ3v) is 4.34. The fraction of sp³-hybridized carbons (Fsp3) is 0.444. The highest BCUT2D eigenvalue weighted by Gasteiger charge is 2.13. The number of nitrogens with zero attached hydrogens (tertiary/aromatic N) is 3. The van der Waals surface area contributed by atoms with Gasteiger partial charge in [-0.1, -0.05) is 18.9 Å². The summed E-state index contributed by atoms with van der Waals surface area (Å²) in [6, 6.07) is 7.33. The Morgan fingerprint density at radius 2 is 1.87 bits per heavy atom. The van der Waals surface area contributed by atoms with Gasteiger partial charge < -0.3 is 9.67 Å². The average molecular weight is 313 g/mol. The van der Waals surface area contributed by atoms with Crippen LogP contribution in [-0.4, -0.2) is 32.6 Å². The van der Waals surface area contributed by atoms with E-state index in [4.69, 9.17) is 0 Å². The van der Waals surface area contributed by atoms with E-state index in [0.29, 0.717) is 6.54 Å². The second kappa shape index (κ2) is 7.42. The number of hydrogen-bond acceptors (Lipinski definition) is 4. The molecule has 0 saturated carbocycles. The second-order valence-electron chi connectivity index (χ2n) is 6.15. The molecule has 0 spiro atoms. The van der Waals surface area contributed by atoms with Gasteiger partial charge in [0.2, 0.25) is 5.43 Å². The Kier molecular flexibility index (Phi) is 5.08. The number of likely N-dealkylation sites (tertiary alicyclic amines) is 1. The standard InChI is InChI=1S/C18H23N3O2/c22-17-11-16(13-20-9-5-1-2-6-10-20)21(14-18(17)23)12-15-7-3-4-8-19-15/h3-4,7-8,11,14,23H,1-2,5-6,9-10,12-13H2. The number of rotatable bonds is 4. The van der Waals surface area contributed by atoms with Crippen LogP contribution in [0.5, 0.6) is 5.75 Å². The molecular weight excluding hydrogens is 290 g/mol. The molecule has 5 nitrogen and oxygen atoms in total. The van der Waals surface area contributed by atoms with Crippen LogP contribution in [0.25, 0.3) is 0 Å². The van der Waals surface area contributed by atoms with Crippen molar-refractivity contribution in [3.63, 3.8) is 0 Å². The quantitative estimate of drug-likeness (QED) is 0.941. The molecule has 5 heteroatoms. The van der Waals surface area contributed by atoms with Gasteiger partial charge in [-0.15, -0.1) is 0 Å². The molecule has 1 aliphatic heterocycles. The zero-order valence-corrected chi connectivity index (χ0v) is 13.3. The minimum atomic E-state index is -0.313. The van der Waals surface area contributed by atoms with Gasteiger partial charge in [-0.05, 0) is 38.1 Å². The maximum Gasteiger partial charge on any atom is 0.223 e. The zero-order chi connectivity index (χ0) is 16.1. The fourth-order valence-electron chi connectivity index (χ4n) is 3.08.